The molecule has 1 heterocycles. The van der Waals surface area contributed by atoms with Gasteiger partial charge in [-0.15, -0.1) is 11.3 Å². The van der Waals surface area contributed by atoms with Gasteiger partial charge in [0.15, 0.2) is 0 Å². The van der Waals surface area contributed by atoms with Crippen LogP contribution in [0.15, 0.2) is 12.1 Å². The van der Waals surface area contributed by atoms with Crippen molar-refractivity contribution >= 4 is 27.2 Å². The van der Waals surface area contributed by atoms with Crippen molar-refractivity contribution in [1.82, 2.24) is 4.98 Å². The largest absolute Gasteiger partial charge is 0.397 e. The number of hydrogen-bond donors (Lipinski definition) is 1. The SMILES string of the molecule is CCc1nc2c(N)cc(F)cc2s1. The first kappa shape index (κ1) is 8.44. The van der Waals surface area contributed by atoms with Crippen LogP contribution in [-0.4, -0.2) is 4.98 Å². The number of thiazole rings is 1. The zero-order chi connectivity index (χ0) is 9.42. The topological polar surface area (TPSA) is 38.9 Å². The predicted octanol–water partition coefficient (Wildman–Crippen LogP) is 2.58. The summed E-state index contributed by atoms with van der Waals surface area (Å²) >= 11 is 1.49. The smallest absolute Gasteiger partial charge is 0.126 e. The van der Waals surface area contributed by atoms with Gasteiger partial charge in [-0.1, -0.05) is 6.92 Å². The molecule has 4 heteroatoms. The highest BCUT2D eigenvalue weighted by Gasteiger charge is 2.06. The first-order valence-electron chi connectivity index (χ1n) is 4.05. The molecule has 0 radical (unpaired) electrons. The number of aromatic nitrogens is 1. The molecule has 0 spiro atoms. The first-order chi connectivity index (χ1) is 6.20. The van der Waals surface area contributed by atoms with Crippen LogP contribution in [0.1, 0.15) is 11.9 Å². The van der Waals surface area contributed by atoms with Crippen LogP contribution < -0.4 is 5.73 Å². The lowest BCUT2D eigenvalue weighted by atomic mass is 10.3. The average Bonchev–Trinajstić information content (AvgIpc) is 2.47. The highest BCUT2D eigenvalue weighted by Crippen LogP contribution is 2.27. The van der Waals surface area contributed by atoms with E-state index in [9.17, 15) is 4.39 Å². The summed E-state index contributed by atoms with van der Waals surface area (Å²) < 4.78 is 13.7. The lowest BCUT2D eigenvalue weighted by Crippen LogP contribution is -1.88. The van der Waals surface area contributed by atoms with E-state index in [0.29, 0.717) is 5.69 Å². The summed E-state index contributed by atoms with van der Waals surface area (Å²) in [6.45, 7) is 2.02. The molecular weight excluding hydrogens is 187 g/mol. The molecule has 0 aliphatic heterocycles. The molecule has 2 aromatic rings. The molecule has 1 aromatic heterocycles. The van der Waals surface area contributed by atoms with Crippen LogP contribution in [0.3, 0.4) is 0 Å². The number of nitrogen functional groups attached to an aromatic ring is 1. The van der Waals surface area contributed by atoms with Crippen molar-refractivity contribution in [3.8, 4) is 0 Å². The molecule has 0 aliphatic carbocycles. The molecule has 68 valence electrons. The van der Waals surface area contributed by atoms with Crippen LogP contribution in [0, 0.1) is 5.82 Å². The standard InChI is InChI=1S/C9H9FN2S/c1-2-8-12-9-6(11)3-5(10)4-7(9)13-8/h3-4H,2,11H2,1H3. The zero-order valence-corrected chi connectivity index (χ0v) is 7.99. The van der Waals surface area contributed by atoms with Gasteiger partial charge in [-0.2, -0.15) is 0 Å². The van der Waals surface area contributed by atoms with Crippen LogP contribution in [0.25, 0.3) is 10.2 Å². The normalized spacial score (nSPS) is 10.9. The first-order valence-corrected chi connectivity index (χ1v) is 4.86. The molecular formula is C9H9FN2S. The molecule has 0 unspecified atom stereocenters. The molecule has 0 saturated carbocycles. The fourth-order valence-corrected chi connectivity index (χ4v) is 2.18. The number of nitrogens with zero attached hydrogens (tertiary/aromatic N) is 1. The summed E-state index contributed by atoms with van der Waals surface area (Å²) in [6, 6.07) is 2.78. The van der Waals surface area contributed by atoms with Crippen LogP contribution in [0.5, 0.6) is 0 Å². The lowest BCUT2D eigenvalue weighted by molar-refractivity contribution is 0.630. The van der Waals surface area contributed by atoms with E-state index in [1.54, 1.807) is 0 Å². The zero-order valence-electron chi connectivity index (χ0n) is 7.17. The van der Waals surface area contributed by atoms with Crippen LogP contribution in [-0.2, 0) is 6.42 Å². The van der Waals surface area contributed by atoms with Crippen LogP contribution in [0.2, 0.25) is 0 Å². The molecule has 2 rings (SSSR count). The summed E-state index contributed by atoms with van der Waals surface area (Å²) in [5.74, 6) is -0.295. The maximum atomic E-state index is 12.9. The van der Waals surface area contributed by atoms with E-state index < -0.39 is 0 Å². The molecule has 0 aliphatic rings. The molecule has 0 fully saturated rings. The number of halogens is 1. The molecule has 0 atom stereocenters. The third-order valence-corrected chi connectivity index (χ3v) is 2.98. The number of aryl methyl sites for hydroxylation is 1. The summed E-state index contributed by atoms with van der Waals surface area (Å²) in [7, 11) is 0. The van der Waals surface area contributed by atoms with E-state index >= 15 is 0 Å². The van der Waals surface area contributed by atoms with Crippen molar-refractivity contribution in [3.05, 3.63) is 23.0 Å². The van der Waals surface area contributed by atoms with Crippen molar-refractivity contribution in [1.29, 1.82) is 0 Å². The second-order valence-electron chi connectivity index (χ2n) is 2.80. The average molecular weight is 196 g/mol. The lowest BCUT2D eigenvalue weighted by Gasteiger charge is -1.93. The summed E-state index contributed by atoms with van der Waals surface area (Å²) in [4.78, 5) is 4.30. The van der Waals surface area contributed by atoms with E-state index in [0.717, 1.165) is 21.6 Å². The number of benzene rings is 1. The van der Waals surface area contributed by atoms with E-state index in [2.05, 4.69) is 4.98 Å². The second kappa shape index (κ2) is 2.96. The molecule has 0 bridgehead atoms. The van der Waals surface area contributed by atoms with Gasteiger partial charge in [-0.25, -0.2) is 9.37 Å². The third kappa shape index (κ3) is 1.37. The number of nitrogens with two attached hydrogens (primary N) is 1. The Morgan fingerprint density at radius 1 is 1.54 bits per heavy atom. The summed E-state index contributed by atoms with van der Waals surface area (Å²) in [5, 5.41) is 0.993. The maximum Gasteiger partial charge on any atom is 0.126 e. The van der Waals surface area contributed by atoms with Crippen molar-refractivity contribution in [2.75, 3.05) is 5.73 Å². The predicted molar refractivity (Wildman–Crippen MR) is 53.4 cm³/mol. The van der Waals surface area contributed by atoms with Gasteiger partial charge in [0, 0.05) is 0 Å². The van der Waals surface area contributed by atoms with Crippen LogP contribution in [0.4, 0.5) is 10.1 Å². The van der Waals surface area contributed by atoms with Gasteiger partial charge < -0.3 is 5.73 Å². The van der Waals surface area contributed by atoms with Gasteiger partial charge in [-0.3, -0.25) is 0 Å². The Morgan fingerprint density at radius 3 is 3.00 bits per heavy atom. The highest BCUT2D eigenvalue weighted by molar-refractivity contribution is 7.18. The monoisotopic (exact) mass is 196 g/mol. The van der Waals surface area contributed by atoms with Gasteiger partial charge in [0.2, 0.25) is 0 Å². The van der Waals surface area contributed by atoms with Crippen molar-refractivity contribution in [3.63, 3.8) is 0 Å². The Balaban J connectivity index is 2.75. The van der Waals surface area contributed by atoms with Gasteiger partial charge in [0.1, 0.15) is 11.3 Å². The summed E-state index contributed by atoms with van der Waals surface area (Å²) in [6.07, 6.45) is 0.862. The molecule has 13 heavy (non-hydrogen) atoms. The second-order valence-corrected chi connectivity index (χ2v) is 3.92. The molecule has 2 N–H and O–H groups in total. The van der Waals surface area contributed by atoms with Crippen molar-refractivity contribution in [2.45, 2.75) is 13.3 Å². The minimum atomic E-state index is -0.295. The molecule has 0 amide bonds. The van der Waals surface area contributed by atoms with Crippen molar-refractivity contribution in [2.24, 2.45) is 0 Å². The Labute approximate surface area is 79.2 Å². The van der Waals surface area contributed by atoms with E-state index in [1.807, 2.05) is 6.92 Å². The van der Waals surface area contributed by atoms with E-state index in [-0.39, 0.29) is 5.82 Å². The number of anilines is 1. The third-order valence-electron chi connectivity index (χ3n) is 1.84. The maximum absolute atomic E-state index is 12.9. The molecule has 0 saturated heterocycles. The molecule has 1 aromatic carbocycles. The number of fused-ring (bicyclic) bond motifs is 1. The Hall–Kier alpha value is -1.16. The fraction of sp³-hybridized carbons (Fsp3) is 0.222. The fourth-order valence-electron chi connectivity index (χ4n) is 1.22. The highest BCUT2D eigenvalue weighted by atomic mass is 32.1. The quantitative estimate of drug-likeness (QED) is 0.712. The van der Waals surface area contributed by atoms with E-state index in [1.165, 1.54) is 23.5 Å². The Morgan fingerprint density at radius 2 is 2.31 bits per heavy atom. The summed E-state index contributed by atoms with van der Waals surface area (Å²) in [5.41, 5.74) is 6.78. The van der Waals surface area contributed by atoms with Gasteiger partial charge in [-0.05, 0) is 18.6 Å². The van der Waals surface area contributed by atoms with Crippen LogP contribution >= 0.6 is 11.3 Å². The van der Waals surface area contributed by atoms with Gasteiger partial charge in [0.05, 0.1) is 15.4 Å². The van der Waals surface area contributed by atoms with Gasteiger partial charge in [0.25, 0.3) is 0 Å². The number of hydrogen-bond acceptors (Lipinski definition) is 3. The minimum absolute atomic E-state index is 0.295. The Bertz CT molecular complexity index is 450. The number of rotatable bonds is 1. The van der Waals surface area contributed by atoms with Gasteiger partial charge >= 0.3 is 0 Å². The van der Waals surface area contributed by atoms with E-state index in [4.69, 9.17) is 5.73 Å². The Kier molecular flexibility index (Phi) is 1.92. The minimum Gasteiger partial charge on any atom is -0.397 e. The molecule has 2 nitrogen and oxygen atoms in total. The van der Waals surface area contributed by atoms with Crippen molar-refractivity contribution < 1.29 is 4.39 Å².